The highest BCUT2D eigenvalue weighted by Gasteiger charge is 1.71. The fraction of sp³-hybridized carbons (Fsp3) is 0. The van der Waals surface area contributed by atoms with Crippen molar-refractivity contribution in [3.05, 3.63) is 16.0 Å². The maximum Gasteiger partial charge on any atom is 0.232 e. The molecule has 0 heterocycles. The molecule has 0 nitrogen and oxygen atoms in total. The van der Waals surface area contributed by atoms with E-state index in [4.69, 9.17) is 0 Å². The standard InChI is InChI=1S/C3HBrClF/c4-2-1-3(5)6/h2H. The largest absolute Gasteiger partial charge is 0.232 e. The molecule has 34 valence electrons. The SMILES string of the molecule is FC(Cl)=C=CBr. The summed E-state index contributed by atoms with van der Waals surface area (Å²) in [6.45, 7) is 0. The summed E-state index contributed by atoms with van der Waals surface area (Å²) in [6, 6.07) is 0. The van der Waals surface area contributed by atoms with Gasteiger partial charge in [-0.1, -0.05) is 21.7 Å². The molecule has 0 aromatic rings. The Kier molecular flexibility index (Phi) is 3.54. The Hall–Kier alpha value is 0.220. The Morgan fingerprint density at radius 3 is 2.50 bits per heavy atom. The summed E-state index contributed by atoms with van der Waals surface area (Å²) in [5, 5.41) is -0.841. The minimum Gasteiger partial charge on any atom is -0.184 e. The van der Waals surface area contributed by atoms with E-state index in [0.29, 0.717) is 0 Å². The summed E-state index contributed by atoms with van der Waals surface area (Å²) in [4.78, 5) is 1.22. The maximum absolute atomic E-state index is 11.2. The summed E-state index contributed by atoms with van der Waals surface area (Å²) < 4.78 is 11.2. The van der Waals surface area contributed by atoms with E-state index in [-0.39, 0.29) is 0 Å². The van der Waals surface area contributed by atoms with Crippen LogP contribution in [0.3, 0.4) is 0 Å². The average Bonchev–Trinajstić information content (AvgIpc) is 1.35. The maximum atomic E-state index is 11.2. The van der Waals surface area contributed by atoms with E-state index in [9.17, 15) is 4.39 Å². The minimum atomic E-state index is -0.841. The van der Waals surface area contributed by atoms with Gasteiger partial charge < -0.3 is 0 Å². The van der Waals surface area contributed by atoms with Crippen molar-refractivity contribution >= 4 is 27.5 Å². The lowest BCUT2D eigenvalue weighted by Crippen LogP contribution is -1.36. The van der Waals surface area contributed by atoms with Crippen molar-refractivity contribution in [3.63, 3.8) is 0 Å². The molecular formula is C3HBrClF. The van der Waals surface area contributed by atoms with E-state index in [2.05, 4.69) is 27.5 Å². The molecule has 0 bridgehead atoms. The van der Waals surface area contributed by atoms with Crippen LogP contribution in [0.15, 0.2) is 16.0 Å². The molecule has 0 saturated heterocycles. The third-order valence-electron chi connectivity index (χ3n) is 0.164. The van der Waals surface area contributed by atoms with Crippen LogP contribution in [0.5, 0.6) is 0 Å². The van der Waals surface area contributed by atoms with Gasteiger partial charge in [0, 0.05) is 4.99 Å². The second kappa shape index (κ2) is 3.41. The van der Waals surface area contributed by atoms with Crippen LogP contribution in [0.1, 0.15) is 0 Å². The van der Waals surface area contributed by atoms with Gasteiger partial charge in [0.25, 0.3) is 0 Å². The highest BCUT2D eigenvalue weighted by molar-refractivity contribution is 9.11. The highest BCUT2D eigenvalue weighted by atomic mass is 79.9. The molecule has 0 atom stereocenters. The summed E-state index contributed by atoms with van der Waals surface area (Å²) in [6.07, 6.45) is 0. The molecule has 0 N–H and O–H groups in total. The van der Waals surface area contributed by atoms with E-state index < -0.39 is 5.29 Å². The number of halogens is 3. The molecule has 0 saturated carbocycles. The van der Waals surface area contributed by atoms with Crippen LogP contribution in [-0.4, -0.2) is 0 Å². The number of hydrogen-bond acceptors (Lipinski definition) is 0. The van der Waals surface area contributed by atoms with Gasteiger partial charge in [-0.25, -0.2) is 0 Å². The molecule has 3 heteroatoms. The zero-order valence-electron chi connectivity index (χ0n) is 2.71. The predicted octanol–water partition coefficient (Wildman–Crippen LogP) is 2.54. The van der Waals surface area contributed by atoms with Crippen molar-refractivity contribution in [3.8, 4) is 0 Å². The summed E-state index contributed by atoms with van der Waals surface area (Å²) >= 11 is 7.42. The van der Waals surface area contributed by atoms with Crippen LogP contribution in [-0.2, 0) is 0 Å². The van der Waals surface area contributed by atoms with Gasteiger partial charge in [0.15, 0.2) is 0 Å². The van der Waals surface area contributed by atoms with Crippen LogP contribution in [0, 0.1) is 0 Å². The van der Waals surface area contributed by atoms with Crippen LogP contribution >= 0.6 is 27.5 Å². The Morgan fingerprint density at radius 1 is 2.00 bits per heavy atom. The first-order chi connectivity index (χ1) is 2.77. The van der Waals surface area contributed by atoms with E-state index in [1.165, 1.54) is 4.99 Å². The lowest BCUT2D eigenvalue weighted by atomic mass is 11.0. The normalized spacial score (nSPS) is 6.50. The third kappa shape index (κ3) is 4.22. The van der Waals surface area contributed by atoms with Crippen molar-refractivity contribution in [2.75, 3.05) is 0 Å². The van der Waals surface area contributed by atoms with Gasteiger partial charge >= 0.3 is 0 Å². The van der Waals surface area contributed by atoms with Gasteiger partial charge in [0.1, 0.15) is 0 Å². The lowest BCUT2D eigenvalue weighted by molar-refractivity contribution is 0.697. The van der Waals surface area contributed by atoms with Crippen LogP contribution in [0.25, 0.3) is 0 Å². The van der Waals surface area contributed by atoms with Crippen molar-refractivity contribution < 1.29 is 4.39 Å². The van der Waals surface area contributed by atoms with Gasteiger partial charge in [0.05, 0.1) is 0 Å². The van der Waals surface area contributed by atoms with Crippen molar-refractivity contribution in [1.82, 2.24) is 0 Å². The molecule has 0 rings (SSSR count). The van der Waals surface area contributed by atoms with E-state index >= 15 is 0 Å². The molecular weight excluding hydrogens is 170 g/mol. The fourth-order valence-corrected chi connectivity index (χ4v) is 0.429. The highest BCUT2D eigenvalue weighted by Crippen LogP contribution is 1.97. The average molecular weight is 171 g/mol. The zero-order chi connectivity index (χ0) is 4.99. The second-order valence-electron chi connectivity index (χ2n) is 0.514. The lowest BCUT2D eigenvalue weighted by Gasteiger charge is -1.60. The minimum absolute atomic E-state index is 0.841. The number of hydrogen-bond donors (Lipinski definition) is 0. The smallest absolute Gasteiger partial charge is 0.184 e. The quantitative estimate of drug-likeness (QED) is 0.491. The molecule has 0 aromatic carbocycles. The van der Waals surface area contributed by atoms with Gasteiger partial charge in [-0.2, -0.15) is 4.39 Å². The zero-order valence-corrected chi connectivity index (χ0v) is 5.05. The monoisotopic (exact) mass is 170 g/mol. The van der Waals surface area contributed by atoms with Crippen LogP contribution in [0.2, 0.25) is 0 Å². The molecule has 0 aromatic heterocycles. The van der Waals surface area contributed by atoms with Gasteiger partial charge in [0.2, 0.25) is 5.29 Å². The number of rotatable bonds is 0. The summed E-state index contributed by atoms with van der Waals surface area (Å²) in [5.74, 6) is 0. The first kappa shape index (κ1) is 6.22. The fourth-order valence-electron chi connectivity index (χ4n) is 0.0412. The molecule has 0 aliphatic heterocycles. The van der Waals surface area contributed by atoms with Gasteiger partial charge in [-0.3, -0.25) is 0 Å². The topological polar surface area (TPSA) is 0 Å². The third-order valence-corrected chi connectivity index (χ3v) is 0.502. The van der Waals surface area contributed by atoms with Crippen molar-refractivity contribution in [2.45, 2.75) is 0 Å². The van der Waals surface area contributed by atoms with E-state index in [1.54, 1.807) is 0 Å². The molecule has 0 spiro atoms. The molecule has 6 heavy (non-hydrogen) atoms. The van der Waals surface area contributed by atoms with E-state index in [0.717, 1.165) is 0 Å². The molecule has 0 unspecified atom stereocenters. The molecule has 0 aliphatic carbocycles. The Labute approximate surface area is 48.4 Å². The molecule has 0 radical (unpaired) electrons. The predicted molar refractivity (Wildman–Crippen MR) is 27.5 cm³/mol. The summed E-state index contributed by atoms with van der Waals surface area (Å²) in [5.41, 5.74) is 2.02. The van der Waals surface area contributed by atoms with Crippen LogP contribution < -0.4 is 0 Å². The van der Waals surface area contributed by atoms with Crippen LogP contribution in [0.4, 0.5) is 4.39 Å². The van der Waals surface area contributed by atoms with Gasteiger partial charge in [-0.15, -0.1) is 0 Å². The Balaban J connectivity index is 3.73. The first-order valence-electron chi connectivity index (χ1n) is 1.13. The molecule has 0 amide bonds. The Bertz CT molecular complexity index is 89.0. The summed E-state index contributed by atoms with van der Waals surface area (Å²) in [7, 11) is 0. The molecule has 0 aliphatic rings. The first-order valence-corrected chi connectivity index (χ1v) is 2.43. The second-order valence-corrected chi connectivity index (χ2v) is 1.30. The molecule has 0 fully saturated rings. The van der Waals surface area contributed by atoms with Gasteiger partial charge in [-0.05, 0) is 11.6 Å². The van der Waals surface area contributed by atoms with Crippen molar-refractivity contribution in [1.29, 1.82) is 0 Å². The Morgan fingerprint density at radius 2 is 2.50 bits per heavy atom. The van der Waals surface area contributed by atoms with Crippen molar-refractivity contribution in [2.24, 2.45) is 0 Å². The van der Waals surface area contributed by atoms with E-state index in [1.807, 2.05) is 5.73 Å².